The van der Waals surface area contributed by atoms with Crippen molar-refractivity contribution in [3.05, 3.63) is 28.2 Å². The average molecular weight is 322 g/mol. The third-order valence-corrected chi connectivity index (χ3v) is 3.47. The number of hydrogen-bond donors (Lipinski definition) is 4. The highest BCUT2D eigenvalue weighted by Gasteiger charge is 2.43. The Bertz CT molecular complexity index is 556. The van der Waals surface area contributed by atoms with Crippen molar-refractivity contribution in [2.45, 2.75) is 24.5 Å². The van der Waals surface area contributed by atoms with Gasteiger partial charge in [-0.1, -0.05) is 0 Å². The first-order chi connectivity index (χ1) is 8.47. The van der Waals surface area contributed by atoms with E-state index < -0.39 is 36.8 Å². The maximum absolute atomic E-state index is 11.8. The Morgan fingerprint density at radius 3 is 2.67 bits per heavy atom. The maximum Gasteiger partial charge on any atom is 0.342 e. The SMILES string of the molecule is N=c1ccn([C@@H]2O[C@H](CO)[C@@H](O)[C@H]2O)c(=O)n1Br. The first-order valence-corrected chi connectivity index (χ1v) is 5.85. The molecule has 0 spiro atoms. The van der Waals surface area contributed by atoms with E-state index in [9.17, 15) is 15.0 Å². The molecule has 4 atom stereocenters. The van der Waals surface area contributed by atoms with E-state index in [4.69, 9.17) is 15.3 Å². The molecule has 8 nitrogen and oxygen atoms in total. The summed E-state index contributed by atoms with van der Waals surface area (Å²) < 4.78 is 7.14. The van der Waals surface area contributed by atoms with Crippen LogP contribution in [0.1, 0.15) is 6.23 Å². The quantitative estimate of drug-likeness (QED) is 0.497. The van der Waals surface area contributed by atoms with Crippen LogP contribution in [0.25, 0.3) is 0 Å². The summed E-state index contributed by atoms with van der Waals surface area (Å²) in [5.41, 5.74) is -0.694. The summed E-state index contributed by atoms with van der Waals surface area (Å²) in [6, 6.07) is 1.32. The van der Waals surface area contributed by atoms with Crippen molar-refractivity contribution in [2.24, 2.45) is 0 Å². The molecule has 0 unspecified atom stereocenters. The van der Waals surface area contributed by atoms with Crippen LogP contribution in [0.3, 0.4) is 0 Å². The number of rotatable bonds is 2. The fraction of sp³-hybridized carbons (Fsp3) is 0.556. The Morgan fingerprint density at radius 1 is 1.44 bits per heavy atom. The highest BCUT2D eigenvalue weighted by atomic mass is 79.9. The fourth-order valence-electron chi connectivity index (χ4n) is 1.79. The number of halogens is 1. The number of nitrogens with zero attached hydrogens (tertiary/aromatic N) is 2. The summed E-state index contributed by atoms with van der Waals surface area (Å²) in [6.45, 7) is -0.464. The molecular weight excluding hydrogens is 310 g/mol. The molecular formula is C9H12BrN3O5. The van der Waals surface area contributed by atoms with Crippen LogP contribution in [0, 0.1) is 5.41 Å². The summed E-state index contributed by atoms with van der Waals surface area (Å²) in [6.07, 6.45) is -3.37. The van der Waals surface area contributed by atoms with Gasteiger partial charge in [0, 0.05) is 6.20 Å². The molecule has 100 valence electrons. The van der Waals surface area contributed by atoms with Gasteiger partial charge in [-0.25, -0.2) is 8.39 Å². The number of hydrogen-bond acceptors (Lipinski definition) is 6. The van der Waals surface area contributed by atoms with Crippen LogP contribution in [0.15, 0.2) is 17.1 Å². The Labute approximate surface area is 110 Å². The van der Waals surface area contributed by atoms with E-state index in [1.54, 1.807) is 0 Å². The molecule has 1 fully saturated rings. The molecule has 0 aromatic carbocycles. The van der Waals surface area contributed by atoms with Crippen molar-refractivity contribution in [1.82, 2.24) is 8.16 Å². The lowest BCUT2D eigenvalue weighted by Crippen LogP contribution is -2.40. The predicted molar refractivity (Wildman–Crippen MR) is 61.9 cm³/mol. The van der Waals surface area contributed by atoms with Crippen molar-refractivity contribution < 1.29 is 20.1 Å². The van der Waals surface area contributed by atoms with Gasteiger partial charge in [0.25, 0.3) is 0 Å². The standard InChI is InChI=1S/C9H12BrN3O5/c10-13-5(11)1-2-12(9(13)17)8-7(16)6(15)4(3-14)18-8/h1-2,4,6-8,11,14-16H,3H2/t4-,6-,7-,8-/m1/s1. The molecule has 0 amide bonds. The third kappa shape index (κ3) is 2.04. The molecule has 4 N–H and O–H groups in total. The second-order valence-corrected chi connectivity index (χ2v) is 4.61. The van der Waals surface area contributed by atoms with E-state index in [0.29, 0.717) is 0 Å². The minimum atomic E-state index is -1.33. The number of nitrogens with one attached hydrogen (secondary N) is 1. The number of ether oxygens (including phenoxy) is 1. The zero-order chi connectivity index (χ0) is 13.4. The molecule has 1 aromatic heterocycles. The van der Waals surface area contributed by atoms with Crippen LogP contribution in [-0.4, -0.2) is 48.4 Å². The largest absolute Gasteiger partial charge is 0.394 e. The lowest BCUT2D eigenvalue weighted by Gasteiger charge is -2.17. The lowest BCUT2D eigenvalue weighted by molar-refractivity contribution is -0.0551. The Hall–Kier alpha value is -1.00. The monoisotopic (exact) mass is 321 g/mol. The third-order valence-electron chi connectivity index (χ3n) is 2.78. The Morgan fingerprint density at radius 2 is 2.11 bits per heavy atom. The van der Waals surface area contributed by atoms with Gasteiger partial charge in [-0.3, -0.25) is 9.98 Å². The fourth-order valence-corrected chi connectivity index (χ4v) is 2.09. The Balaban J connectivity index is 2.42. The molecule has 2 rings (SSSR count). The Kier molecular flexibility index (Phi) is 3.69. The molecule has 0 bridgehead atoms. The summed E-state index contributed by atoms with van der Waals surface area (Å²) >= 11 is 2.89. The van der Waals surface area contributed by atoms with Crippen LogP contribution in [0.2, 0.25) is 0 Å². The topological polar surface area (TPSA) is 121 Å². The highest BCUT2D eigenvalue weighted by Crippen LogP contribution is 2.27. The summed E-state index contributed by atoms with van der Waals surface area (Å²) in [5, 5.41) is 35.7. The zero-order valence-electron chi connectivity index (χ0n) is 9.10. The van der Waals surface area contributed by atoms with Gasteiger partial charge in [0.05, 0.1) is 22.8 Å². The summed E-state index contributed by atoms with van der Waals surface area (Å²) in [7, 11) is 0. The predicted octanol–water partition coefficient (Wildman–Crippen LogP) is -2.10. The van der Waals surface area contributed by atoms with Gasteiger partial charge in [0.15, 0.2) is 6.23 Å². The van der Waals surface area contributed by atoms with Crippen LogP contribution in [-0.2, 0) is 4.74 Å². The maximum atomic E-state index is 11.8. The molecule has 0 saturated carbocycles. The van der Waals surface area contributed by atoms with E-state index in [1.165, 1.54) is 12.3 Å². The molecule has 1 aliphatic rings. The van der Waals surface area contributed by atoms with Crippen molar-refractivity contribution >= 4 is 16.1 Å². The van der Waals surface area contributed by atoms with Crippen molar-refractivity contribution in [3.8, 4) is 0 Å². The first kappa shape index (κ1) is 13.4. The lowest BCUT2D eigenvalue weighted by atomic mass is 10.1. The van der Waals surface area contributed by atoms with Gasteiger partial charge in [0.2, 0.25) is 0 Å². The zero-order valence-corrected chi connectivity index (χ0v) is 10.7. The van der Waals surface area contributed by atoms with Crippen molar-refractivity contribution in [2.75, 3.05) is 6.61 Å². The molecule has 1 aliphatic heterocycles. The van der Waals surface area contributed by atoms with Gasteiger partial charge in [-0.15, -0.1) is 0 Å². The first-order valence-electron chi connectivity index (χ1n) is 5.14. The molecule has 1 saturated heterocycles. The van der Waals surface area contributed by atoms with Crippen LogP contribution < -0.4 is 11.2 Å². The molecule has 1 aromatic rings. The second-order valence-electron chi connectivity index (χ2n) is 3.90. The van der Waals surface area contributed by atoms with Gasteiger partial charge in [-0.05, 0) is 6.07 Å². The minimum Gasteiger partial charge on any atom is -0.394 e. The number of aliphatic hydroxyl groups excluding tert-OH is 3. The van der Waals surface area contributed by atoms with Gasteiger partial charge < -0.3 is 20.1 Å². The van der Waals surface area contributed by atoms with Crippen molar-refractivity contribution in [3.63, 3.8) is 0 Å². The average Bonchev–Trinajstić information content (AvgIpc) is 2.64. The van der Waals surface area contributed by atoms with E-state index in [1.807, 2.05) is 0 Å². The normalized spacial score (nSPS) is 31.8. The highest BCUT2D eigenvalue weighted by molar-refractivity contribution is 9.08. The molecule has 9 heteroatoms. The van der Waals surface area contributed by atoms with E-state index in [0.717, 1.165) is 8.16 Å². The van der Waals surface area contributed by atoms with Gasteiger partial charge >= 0.3 is 5.69 Å². The van der Waals surface area contributed by atoms with E-state index in [2.05, 4.69) is 16.1 Å². The van der Waals surface area contributed by atoms with Gasteiger partial charge in [0.1, 0.15) is 23.8 Å². The summed E-state index contributed by atoms with van der Waals surface area (Å²) in [4.78, 5) is 11.8. The minimum absolute atomic E-state index is 0.0667. The van der Waals surface area contributed by atoms with E-state index in [-0.39, 0.29) is 5.49 Å². The van der Waals surface area contributed by atoms with Crippen molar-refractivity contribution in [1.29, 1.82) is 5.41 Å². The molecule has 2 heterocycles. The van der Waals surface area contributed by atoms with Crippen LogP contribution in [0.5, 0.6) is 0 Å². The van der Waals surface area contributed by atoms with Gasteiger partial charge in [-0.2, -0.15) is 0 Å². The molecule has 0 radical (unpaired) electrons. The smallest absolute Gasteiger partial charge is 0.342 e. The number of aliphatic hydroxyl groups is 3. The van der Waals surface area contributed by atoms with E-state index >= 15 is 0 Å². The second kappa shape index (κ2) is 4.94. The van der Waals surface area contributed by atoms with Crippen LogP contribution >= 0.6 is 16.1 Å². The molecule has 18 heavy (non-hydrogen) atoms. The van der Waals surface area contributed by atoms with Crippen LogP contribution in [0.4, 0.5) is 0 Å². The summed E-state index contributed by atoms with van der Waals surface area (Å²) in [5.74, 6) is 0. The molecule has 0 aliphatic carbocycles. The number of aromatic nitrogens is 2.